The molecule has 0 unspecified atom stereocenters. The Hall–Kier alpha value is -3.02. The van der Waals surface area contributed by atoms with Gasteiger partial charge in [0.25, 0.3) is 0 Å². The van der Waals surface area contributed by atoms with Gasteiger partial charge >= 0.3 is 0 Å². The van der Waals surface area contributed by atoms with Gasteiger partial charge in [0.15, 0.2) is 0 Å². The first-order chi connectivity index (χ1) is 15.3. The molecule has 3 rings (SSSR count). The second-order valence-corrected chi connectivity index (χ2v) is 9.01. The predicted molar refractivity (Wildman–Crippen MR) is 124 cm³/mol. The number of hydrogen-bond acceptors (Lipinski definition) is 4. The van der Waals surface area contributed by atoms with Gasteiger partial charge in [-0.1, -0.05) is 52.0 Å². The third-order valence-corrected chi connectivity index (χ3v) is 6.03. The molecule has 0 bridgehead atoms. The van der Waals surface area contributed by atoms with E-state index in [0.717, 1.165) is 22.6 Å². The Morgan fingerprint density at radius 1 is 0.656 bits per heavy atom. The van der Waals surface area contributed by atoms with Crippen LogP contribution in [-0.4, -0.2) is 47.9 Å². The van der Waals surface area contributed by atoms with E-state index < -0.39 is 12.1 Å². The van der Waals surface area contributed by atoms with Crippen LogP contribution in [-0.2, 0) is 22.7 Å². The van der Waals surface area contributed by atoms with Crippen molar-refractivity contribution in [3.05, 3.63) is 59.7 Å². The van der Waals surface area contributed by atoms with E-state index in [2.05, 4.69) is 0 Å². The SMILES string of the molecule is COc1ccc(CN2C(=O)[C@H](C(C)C)N(Cc3ccc(OC)cc3)C(=O)[C@@H]2C(C)C)cc1. The van der Waals surface area contributed by atoms with E-state index in [1.165, 1.54) is 0 Å². The Bertz CT molecular complexity index is 844. The largest absolute Gasteiger partial charge is 0.497 e. The molecule has 2 aromatic carbocycles. The van der Waals surface area contributed by atoms with Gasteiger partial charge < -0.3 is 19.3 Å². The second-order valence-electron chi connectivity index (χ2n) is 9.01. The summed E-state index contributed by atoms with van der Waals surface area (Å²) in [5, 5.41) is 0. The average molecular weight is 439 g/mol. The first kappa shape index (κ1) is 23.6. The maximum absolute atomic E-state index is 13.7. The Morgan fingerprint density at radius 2 is 0.969 bits per heavy atom. The molecule has 1 saturated heterocycles. The van der Waals surface area contributed by atoms with Gasteiger partial charge in [0, 0.05) is 13.1 Å². The molecule has 0 spiro atoms. The fourth-order valence-electron chi connectivity index (χ4n) is 4.38. The highest BCUT2D eigenvalue weighted by molar-refractivity contribution is 5.97. The summed E-state index contributed by atoms with van der Waals surface area (Å²) < 4.78 is 10.5. The van der Waals surface area contributed by atoms with E-state index in [1.807, 2.05) is 76.2 Å². The van der Waals surface area contributed by atoms with Gasteiger partial charge in [-0.2, -0.15) is 0 Å². The summed E-state index contributed by atoms with van der Waals surface area (Å²) in [7, 11) is 3.25. The van der Waals surface area contributed by atoms with E-state index in [4.69, 9.17) is 9.47 Å². The molecule has 1 heterocycles. The lowest BCUT2D eigenvalue weighted by molar-refractivity contribution is -0.167. The van der Waals surface area contributed by atoms with Crippen molar-refractivity contribution in [3.63, 3.8) is 0 Å². The number of amides is 2. The van der Waals surface area contributed by atoms with Crippen LogP contribution in [0.5, 0.6) is 11.5 Å². The molecule has 2 atom stereocenters. The van der Waals surface area contributed by atoms with Crippen molar-refractivity contribution in [1.82, 2.24) is 9.80 Å². The van der Waals surface area contributed by atoms with Crippen LogP contribution < -0.4 is 9.47 Å². The standard InChI is InChI=1S/C26H34N2O4/c1-17(2)23-25(29)28(16-20-9-13-22(32-6)14-10-20)24(18(3)4)26(30)27(23)15-19-7-11-21(31-5)12-8-19/h7-14,17-18,23-24H,15-16H2,1-6H3/t23-,24-/m0/s1. The van der Waals surface area contributed by atoms with Crippen molar-refractivity contribution >= 4 is 11.8 Å². The van der Waals surface area contributed by atoms with Crippen LogP contribution in [0.25, 0.3) is 0 Å². The topological polar surface area (TPSA) is 59.1 Å². The van der Waals surface area contributed by atoms with Crippen LogP contribution in [0.2, 0.25) is 0 Å². The summed E-state index contributed by atoms with van der Waals surface area (Å²) in [5.41, 5.74) is 1.95. The highest BCUT2D eigenvalue weighted by Gasteiger charge is 2.47. The summed E-state index contributed by atoms with van der Waals surface area (Å²) in [4.78, 5) is 31.0. The Balaban J connectivity index is 1.92. The van der Waals surface area contributed by atoms with Gasteiger partial charge in [-0.3, -0.25) is 9.59 Å². The van der Waals surface area contributed by atoms with Crippen LogP contribution in [0.4, 0.5) is 0 Å². The monoisotopic (exact) mass is 438 g/mol. The summed E-state index contributed by atoms with van der Waals surface area (Å²) >= 11 is 0. The van der Waals surface area contributed by atoms with Crippen molar-refractivity contribution in [2.75, 3.05) is 14.2 Å². The molecule has 1 aliphatic heterocycles. The van der Waals surface area contributed by atoms with Crippen LogP contribution in [0.1, 0.15) is 38.8 Å². The zero-order chi connectivity index (χ0) is 23.4. The number of nitrogens with zero attached hydrogens (tertiary/aromatic N) is 2. The first-order valence-electron chi connectivity index (χ1n) is 11.1. The molecule has 0 aliphatic carbocycles. The molecule has 1 fully saturated rings. The maximum Gasteiger partial charge on any atom is 0.246 e. The van der Waals surface area contributed by atoms with Crippen LogP contribution in [0.15, 0.2) is 48.5 Å². The normalized spacial score (nSPS) is 19.1. The number of carbonyl (C=O) groups excluding carboxylic acids is 2. The number of carbonyl (C=O) groups is 2. The molecule has 0 radical (unpaired) electrons. The number of piperazine rings is 1. The molecule has 0 aromatic heterocycles. The van der Waals surface area contributed by atoms with Crippen molar-refractivity contribution in [2.24, 2.45) is 11.8 Å². The van der Waals surface area contributed by atoms with Gasteiger partial charge in [0.1, 0.15) is 23.6 Å². The van der Waals surface area contributed by atoms with Crippen LogP contribution >= 0.6 is 0 Å². The molecular weight excluding hydrogens is 404 g/mol. The lowest BCUT2D eigenvalue weighted by atomic mass is 9.90. The van der Waals surface area contributed by atoms with E-state index >= 15 is 0 Å². The summed E-state index contributed by atoms with van der Waals surface area (Å²) in [6, 6.07) is 14.3. The van der Waals surface area contributed by atoms with E-state index in [0.29, 0.717) is 13.1 Å². The second kappa shape index (κ2) is 10.1. The highest BCUT2D eigenvalue weighted by atomic mass is 16.5. The minimum Gasteiger partial charge on any atom is -0.497 e. The predicted octanol–water partition coefficient (Wildman–Crippen LogP) is 4.12. The van der Waals surface area contributed by atoms with Gasteiger partial charge in [-0.15, -0.1) is 0 Å². The van der Waals surface area contributed by atoms with Crippen molar-refractivity contribution < 1.29 is 19.1 Å². The van der Waals surface area contributed by atoms with Crippen molar-refractivity contribution in [3.8, 4) is 11.5 Å². The molecule has 32 heavy (non-hydrogen) atoms. The summed E-state index contributed by atoms with van der Waals surface area (Å²) in [6.07, 6.45) is 0. The Kier molecular flexibility index (Phi) is 7.44. The first-order valence-corrected chi connectivity index (χ1v) is 11.1. The Morgan fingerprint density at radius 3 is 1.22 bits per heavy atom. The van der Waals surface area contributed by atoms with Crippen LogP contribution in [0, 0.1) is 11.8 Å². The average Bonchev–Trinajstić information content (AvgIpc) is 2.77. The zero-order valence-corrected chi connectivity index (χ0v) is 19.9. The molecule has 2 aromatic rings. The van der Waals surface area contributed by atoms with Gasteiger partial charge in [-0.05, 0) is 47.2 Å². The van der Waals surface area contributed by atoms with E-state index in [9.17, 15) is 9.59 Å². The van der Waals surface area contributed by atoms with Crippen LogP contribution in [0.3, 0.4) is 0 Å². The minimum absolute atomic E-state index is 0.00243. The molecule has 2 amide bonds. The third kappa shape index (κ3) is 4.90. The van der Waals surface area contributed by atoms with Crippen molar-refractivity contribution in [1.29, 1.82) is 0 Å². The van der Waals surface area contributed by atoms with E-state index in [1.54, 1.807) is 24.0 Å². The van der Waals surface area contributed by atoms with E-state index in [-0.39, 0.29) is 23.7 Å². The molecule has 0 N–H and O–H groups in total. The van der Waals surface area contributed by atoms with Gasteiger partial charge in [0.05, 0.1) is 14.2 Å². The number of rotatable bonds is 8. The lowest BCUT2D eigenvalue weighted by Gasteiger charge is -2.48. The molecular formula is C26H34N2O4. The summed E-state index contributed by atoms with van der Waals surface area (Å²) in [6.45, 7) is 8.79. The minimum atomic E-state index is -0.502. The smallest absolute Gasteiger partial charge is 0.246 e. The third-order valence-electron chi connectivity index (χ3n) is 6.03. The molecule has 6 nitrogen and oxygen atoms in total. The van der Waals surface area contributed by atoms with Crippen molar-refractivity contribution in [2.45, 2.75) is 52.9 Å². The number of ether oxygens (including phenoxy) is 2. The number of benzene rings is 2. The number of methoxy groups -OCH3 is 2. The van der Waals surface area contributed by atoms with Gasteiger partial charge in [0.2, 0.25) is 11.8 Å². The Labute approximate surface area is 191 Å². The zero-order valence-electron chi connectivity index (χ0n) is 19.9. The quantitative estimate of drug-likeness (QED) is 0.622. The molecule has 172 valence electrons. The highest BCUT2D eigenvalue weighted by Crippen LogP contribution is 2.30. The fourth-order valence-corrected chi connectivity index (χ4v) is 4.38. The molecule has 6 heteroatoms. The summed E-state index contributed by atoms with van der Waals surface area (Å²) in [5.74, 6) is 1.53. The lowest BCUT2D eigenvalue weighted by Crippen LogP contribution is -2.66. The fraction of sp³-hybridized carbons (Fsp3) is 0.462. The maximum atomic E-state index is 13.7. The number of hydrogen-bond donors (Lipinski definition) is 0. The van der Waals surface area contributed by atoms with Gasteiger partial charge in [-0.25, -0.2) is 0 Å². The molecule has 0 saturated carbocycles. The molecule has 1 aliphatic rings.